The van der Waals surface area contributed by atoms with E-state index in [0.29, 0.717) is 22.9 Å². The number of rotatable bonds is 2. The molecule has 0 aliphatic rings. The highest BCUT2D eigenvalue weighted by Gasteiger charge is 2.14. The molecule has 3 N–H and O–H groups in total. The second-order valence-corrected chi connectivity index (χ2v) is 4.09. The third-order valence-electron chi connectivity index (χ3n) is 2.69. The molecule has 2 heterocycles. The number of H-pyrrole nitrogens is 1. The van der Waals surface area contributed by atoms with Crippen molar-refractivity contribution in [3.05, 3.63) is 35.6 Å². The normalized spacial score (nSPS) is 10.8. The summed E-state index contributed by atoms with van der Waals surface area (Å²) in [6.07, 6.45) is 0. The van der Waals surface area contributed by atoms with Crippen molar-refractivity contribution in [1.82, 2.24) is 20.3 Å². The Bertz CT molecular complexity index is 733. The molecular formula is C12H10FN5O. The number of nitrogens with zero attached hydrogens (tertiary/aromatic N) is 3. The molecule has 3 aromatic rings. The lowest BCUT2D eigenvalue weighted by Gasteiger charge is -1.99. The van der Waals surface area contributed by atoms with Crippen LogP contribution in [-0.4, -0.2) is 20.3 Å². The zero-order valence-corrected chi connectivity index (χ0v) is 10.0. The van der Waals surface area contributed by atoms with Crippen LogP contribution in [0.4, 0.5) is 10.2 Å². The van der Waals surface area contributed by atoms with Crippen LogP contribution in [0.3, 0.4) is 0 Å². The number of aryl methyl sites for hydroxylation is 1. The number of hydrogen-bond acceptors (Lipinski definition) is 5. The molecule has 0 saturated carbocycles. The van der Waals surface area contributed by atoms with Gasteiger partial charge in [0.15, 0.2) is 0 Å². The van der Waals surface area contributed by atoms with Crippen molar-refractivity contribution in [3.63, 3.8) is 0 Å². The standard InChI is InChI=1S/C12H10FN5O/c1-6-2-3-7(13)4-8(6)11-15-12(19-18-11)9-5-10(14)17-16-9/h2-5H,1H3,(H3,14,16,17). The molecule has 19 heavy (non-hydrogen) atoms. The van der Waals surface area contributed by atoms with Crippen molar-refractivity contribution in [1.29, 1.82) is 0 Å². The molecule has 6 nitrogen and oxygen atoms in total. The number of halogens is 1. The number of aromatic amines is 1. The number of nitrogens with one attached hydrogen (secondary N) is 1. The minimum atomic E-state index is -0.349. The molecule has 0 unspecified atom stereocenters. The first-order valence-corrected chi connectivity index (χ1v) is 5.55. The topological polar surface area (TPSA) is 93.6 Å². The zero-order valence-electron chi connectivity index (χ0n) is 10.0. The van der Waals surface area contributed by atoms with Crippen molar-refractivity contribution in [2.45, 2.75) is 6.92 Å². The summed E-state index contributed by atoms with van der Waals surface area (Å²) in [6, 6.07) is 5.99. The molecule has 7 heteroatoms. The zero-order chi connectivity index (χ0) is 13.4. The Labute approximate surface area is 107 Å². The summed E-state index contributed by atoms with van der Waals surface area (Å²) < 4.78 is 18.3. The molecule has 0 spiro atoms. The maximum atomic E-state index is 13.2. The number of hydrogen-bond donors (Lipinski definition) is 2. The van der Waals surface area contributed by atoms with E-state index in [1.165, 1.54) is 12.1 Å². The minimum absolute atomic E-state index is 0.253. The van der Waals surface area contributed by atoms with Gasteiger partial charge in [-0.2, -0.15) is 10.1 Å². The quantitative estimate of drug-likeness (QED) is 0.735. The highest BCUT2D eigenvalue weighted by Crippen LogP contribution is 2.24. The van der Waals surface area contributed by atoms with Crippen LogP contribution in [0, 0.1) is 12.7 Å². The van der Waals surface area contributed by atoms with Crippen LogP contribution in [0.15, 0.2) is 28.8 Å². The van der Waals surface area contributed by atoms with Crippen molar-refractivity contribution in [2.75, 3.05) is 5.73 Å². The lowest BCUT2D eigenvalue weighted by Crippen LogP contribution is -1.87. The van der Waals surface area contributed by atoms with Gasteiger partial charge in [0, 0.05) is 11.6 Å². The van der Waals surface area contributed by atoms with Crippen LogP contribution in [0.1, 0.15) is 5.56 Å². The van der Waals surface area contributed by atoms with Crippen molar-refractivity contribution < 1.29 is 8.91 Å². The second kappa shape index (κ2) is 4.20. The Morgan fingerprint density at radius 2 is 2.16 bits per heavy atom. The molecule has 0 radical (unpaired) electrons. The number of anilines is 1. The summed E-state index contributed by atoms with van der Waals surface area (Å²) in [5, 5.41) is 10.3. The molecular weight excluding hydrogens is 249 g/mol. The predicted octanol–water partition coefficient (Wildman–Crippen LogP) is 2.16. The van der Waals surface area contributed by atoms with Crippen LogP contribution >= 0.6 is 0 Å². The van der Waals surface area contributed by atoms with Gasteiger partial charge in [-0.25, -0.2) is 4.39 Å². The molecule has 0 bridgehead atoms. The van der Waals surface area contributed by atoms with E-state index >= 15 is 0 Å². The average molecular weight is 259 g/mol. The highest BCUT2D eigenvalue weighted by atomic mass is 19.1. The lowest BCUT2D eigenvalue weighted by molar-refractivity contribution is 0.431. The first-order chi connectivity index (χ1) is 9.13. The summed E-state index contributed by atoms with van der Waals surface area (Å²) in [5.41, 5.74) is 7.46. The second-order valence-electron chi connectivity index (χ2n) is 4.09. The van der Waals surface area contributed by atoms with Crippen molar-refractivity contribution >= 4 is 5.82 Å². The average Bonchev–Trinajstić information content (AvgIpc) is 3.00. The predicted molar refractivity (Wildman–Crippen MR) is 66.4 cm³/mol. The van der Waals surface area contributed by atoms with E-state index in [4.69, 9.17) is 10.3 Å². The molecule has 0 amide bonds. The largest absolute Gasteiger partial charge is 0.382 e. The maximum absolute atomic E-state index is 13.2. The van der Waals surface area contributed by atoms with Gasteiger partial charge < -0.3 is 10.3 Å². The van der Waals surface area contributed by atoms with Crippen molar-refractivity contribution in [3.8, 4) is 23.0 Å². The van der Waals surface area contributed by atoms with E-state index in [1.807, 2.05) is 6.92 Å². The van der Waals surface area contributed by atoms with E-state index in [-0.39, 0.29) is 11.7 Å². The van der Waals surface area contributed by atoms with Crippen LogP contribution in [0.25, 0.3) is 23.0 Å². The molecule has 0 fully saturated rings. The molecule has 0 aliphatic heterocycles. The number of nitrogen functional groups attached to an aromatic ring is 1. The fourth-order valence-corrected chi connectivity index (χ4v) is 1.72. The van der Waals surface area contributed by atoms with Gasteiger partial charge in [-0.05, 0) is 24.6 Å². The summed E-state index contributed by atoms with van der Waals surface area (Å²) in [7, 11) is 0. The molecule has 96 valence electrons. The third-order valence-corrected chi connectivity index (χ3v) is 2.69. The van der Waals surface area contributed by atoms with Crippen LogP contribution < -0.4 is 5.73 Å². The van der Waals surface area contributed by atoms with Crippen molar-refractivity contribution in [2.24, 2.45) is 0 Å². The summed E-state index contributed by atoms with van der Waals surface area (Å²) in [6.45, 7) is 1.85. The Morgan fingerprint density at radius 1 is 1.32 bits per heavy atom. The molecule has 1 aromatic carbocycles. The van der Waals surface area contributed by atoms with Gasteiger partial charge in [-0.3, -0.25) is 5.10 Å². The van der Waals surface area contributed by atoms with E-state index in [2.05, 4.69) is 20.3 Å². The molecule has 0 aliphatic carbocycles. The molecule has 0 atom stereocenters. The highest BCUT2D eigenvalue weighted by molar-refractivity contribution is 5.62. The fourth-order valence-electron chi connectivity index (χ4n) is 1.72. The smallest absolute Gasteiger partial charge is 0.276 e. The maximum Gasteiger partial charge on any atom is 0.276 e. The third kappa shape index (κ3) is 2.05. The Morgan fingerprint density at radius 3 is 2.89 bits per heavy atom. The Hall–Kier alpha value is -2.70. The molecule has 3 rings (SSSR count). The first-order valence-electron chi connectivity index (χ1n) is 5.55. The number of benzene rings is 1. The Balaban J connectivity index is 2.03. The van der Waals surface area contributed by atoms with Crippen LogP contribution in [0.5, 0.6) is 0 Å². The van der Waals surface area contributed by atoms with E-state index in [9.17, 15) is 4.39 Å². The van der Waals surface area contributed by atoms with Gasteiger partial charge in [0.1, 0.15) is 17.3 Å². The van der Waals surface area contributed by atoms with Gasteiger partial charge in [-0.15, -0.1) is 0 Å². The van der Waals surface area contributed by atoms with E-state index in [0.717, 1.165) is 5.56 Å². The number of aromatic nitrogens is 4. The SMILES string of the molecule is Cc1ccc(F)cc1-c1noc(-c2cc(N)n[nH]2)n1. The van der Waals surface area contributed by atoms with Gasteiger partial charge in [0.25, 0.3) is 5.89 Å². The first kappa shape index (κ1) is 11.4. The van der Waals surface area contributed by atoms with Gasteiger partial charge in [0.2, 0.25) is 5.82 Å². The molecule has 0 saturated heterocycles. The van der Waals surface area contributed by atoms with Gasteiger partial charge >= 0.3 is 0 Å². The monoisotopic (exact) mass is 259 g/mol. The van der Waals surface area contributed by atoms with Gasteiger partial charge in [-0.1, -0.05) is 11.2 Å². The number of nitrogens with two attached hydrogens (primary N) is 1. The van der Waals surface area contributed by atoms with E-state index in [1.54, 1.807) is 12.1 Å². The summed E-state index contributed by atoms with van der Waals surface area (Å²) in [5.74, 6) is 0.553. The van der Waals surface area contributed by atoms with Gasteiger partial charge in [0.05, 0.1) is 0 Å². The fraction of sp³-hybridized carbons (Fsp3) is 0.0833. The van der Waals surface area contributed by atoms with Crippen LogP contribution in [0.2, 0.25) is 0 Å². The Kier molecular flexibility index (Phi) is 2.52. The minimum Gasteiger partial charge on any atom is -0.382 e. The summed E-state index contributed by atoms with van der Waals surface area (Å²) in [4.78, 5) is 4.19. The van der Waals surface area contributed by atoms with Crippen LogP contribution in [-0.2, 0) is 0 Å². The lowest BCUT2D eigenvalue weighted by atomic mass is 10.1. The molecule has 2 aromatic heterocycles. The summed E-state index contributed by atoms with van der Waals surface area (Å²) >= 11 is 0. The van der Waals surface area contributed by atoms with E-state index < -0.39 is 0 Å².